The number of rotatable bonds is 3. The van der Waals surface area contributed by atoms with Crippen LogP contribution in [-0.2, 0) is 0 Å². The molecule has 1 atom stereocenters. The predicted molar refractivity (Wildman–Crippen MR) is 63.9 cm³/mol. The highest BCUT2D eigenvalue weighted by atomic mass is 35.5. The third-order valence-electron chi connectivity index (χ3n) is 3.08. The quantitative estimate of drug-likeness (QED) is 0.827. The van der Waals surface area contributed by atoms with E-state index in [0.717, 1.165) is 30.7 Å². The fourth-order valence-electron chi connectivity index (χ4n) is 2.13. The van der Waals surface area contributed by atoms with Crippen molar-refractivity contribution in [3.63, 3.8) is 0 Å². The van der Waals surface area contributed by atoms with Gasteiger partial charge >= 0.3 is 0 Å². The molecule has 1 N–H and O–H groups in total. The zero-order valence-electron chi connectivity index (χ0n) is 8.68. The van der Waals surface area contributed by atoms with Crippen molar-refractivity contribution in [2.24, 2.45) is 0 Å². The van der Waals surface area contributed by atoms with Gasteiger partial charge in [-0.25, -0.2) is 0 Å². The van der Waals surface area contributed by atoms with E-state index < -0.39 is 0 Å². The second kappa shape index (κ2) is 4.24. The van der Waals surface area contributed by atoms with Gasteiger partial charge in [0.1, 0.15) is 0 Å². The van der Waals surface area contributed by atoms with E-state index in [2.05, 4.69) is 12.2 Å². The normalized spacial score (nSPS) is 25.7. The summed E-state index contributed by atoms with van der Waals surface area (Å²) in [7, 11) is 0. The Morgan fingerprint density at radius 2 is 2.47 bits per heavy atom. The van der Waals surface area contributed by atoms with Crippen molar-refractivity contribution in [3.8, 4) is 0 Å². The van der Waals surface area contributed by atoms with Gasteiger partial charge in [-0.1, -0.05) is 18.5 Å². The molecule has 0 saturated carbocycles. The molecule has 0 spiro atoms. The molecule has 82 valence electrons. The van der Waals surface area contributed by atoms with E-state index >= 15 is 0 Å². The van der Waals surface area contributed by atoms with Gasteiger partial charge in [0.25, 0.3) is 0 Å². The zero-order chi connectivity index (χ0) is 10.9. The van der Waals surface area contributed by atoms with Crippen LogP contribution >= 0.6 is 22.9 Å². The van der Waals surface area contributed by atoms with Crippen LogP contribution in [0.25, 0.3) is 0 Å². The number of carbonyl (C=O) groups is 1. The molecule has 15 heavy (non-hydrogen) atoms. The Labute approximate surface area is 98.6 Å². The van der Waals surface area contributed by atoms with Crippen LogP contribution in [0, 0.1) is 0 Å². The smallest absolute Gasteiger partial charge is 0.192 e. The minimum atomic E-state index is -0.325. The first-order valence-corrected chi connectivity index (χ1v) is 6.42. The molecule has 1 fully saturated rings. The second-order valence-electron chi connectivity index (χ2n) is 3.90. The monoisotopic (exact) mass is 243 g/mol. The fourth-order valence-corrected chi connectivity index (χ4v) is 3.22. The number of halogens is 1. The number of thiophene rings is 1. The maximum absolute atomic E-state index is 12.3. The summed E-state index contributed by atoms with van der Waals surface area (Å²) in [4.78, 5) is 13.1. The molecule has 4 heteroatoms. The minimum Gasteiger partial charge on any atom is -0.305 e. The minimum absolute atomic E-state index is 0.208. The highest BCUT2D eigenvalue weighted by molar-refractivity contribution is 7.18. The first-order valence-electron chi connectivity index (χ1n) is 5.23. The predicted octanol–water partition coefficient (Wildman–Crippen LogP) is 3.12. The van der Waals surface area contributed by atoms with E-state index in [4.69, 9.17) is 11.6 Å². The lowest BCUT2D eigenvalue weighted by molar-refractivity contribution is 0.0868. The average molecular weight is 244 g/mol. The van der Waals surface area contributed by atoms with E-state index in [-0.39, 0.29) is 11.3 Å². The fraction of sp³-hybridized carbons (Fsp3) is 0.545. The lowest BCUT2D eigenvalue weighted by Gasteiger charge is -2.25. The van der Waals surface area contributed by atoms with E-state index in [9.17, 15) is 4.79 Å². The van der Waals surface area contributed by atoms with Crippen molar-refractivity contribution in [3.05, 3.63) is 21.3 Å². The molecule has 2 heterocycles. The van der Waals surface area contributed by atoms with Crippen LogP contribution in [-0.4, -0.2) is 17.9 Å². The van der Waals surface area contributed by atoms with Gasteiger partial charge in [-0.2, -0.15) is 0 Å². The molecule has 1 aliphatic rings. The molecule has 1 aromatic heterocycles. The summed E-state index contributed by atoms with van der Waals surface area (Å²) < 4.78 is 0.683. The van der Waals surface area contributed by atoms with Gasteiger partial charge in [-0.3, -0.25) is 4.79 Å². The van der Waals surface area contributed by atoms with Crippen molar-refractivity contribution in [2.75, 3.05) is 6.54 Å². The summed E-state index contributed by atoms with van der Waals surface area (Å²) in [5.74, 6) is 0.208. The summed E-state index contributed by atoms with van der Waals surface area (Å²) in [6.07, 6.45) is 2.87. The lowest BCUT2D eigenvalue weighted by Crippen LogP contribution is -2.46. The molecule has 1 saturated heterocycles. The molecule has 2 rings (SSSR count). The highest BCUT2D eigenvalue weighted by Crippen LogP contribution is 2.31. The van der Waals surface area contributed by atoms with Crippen molar-refractivity contribution in [1.82, 2.24) is 5.32 Å². The van der Waals surface area contributed by atoms with Gasteiger partial charge in [0.15, 0.2) is 5.78 Å². The molecule has 0 aromatic carbocycles. The Hall–Kier alpha value is -0.380. The first-order chi connectivity index (χ1) is 7.18. The van der Waals surface area contributed by atoms with Crippen LogP contribution < -0.4 is 5.32 Å². The van der Waals surface area contributed by atoms with Gasteiger partial charge in [-0.15, -0.1) is 11.3 Å². The van der Waals surface area contributed by atoms with Crippen molar-refractivity contribution < 1.29 is 4.79 Å². The van der Waals surface area contributed by atoms with Crippen LogP contribution in [0.3, 0.4) is 0 Å². The maximum atomic E-state index is 12.3. The van der Waals surface area contributed by atoms with Gasteiger partial charge in [0.05, 0.1) is 14.8 Å². The molecule has 1 unspecified atom stereocenters. The standard InChI is InChI=1S/C11H14ClNOS/c1-2-11(6-3-7-13-11)10(14)8-4-5-9(12)15-8/h4-5,13H,2-3,6-7H2,1H3. The number of ketones is 1. The van der Waals surface area contributed by atoms with Crippen LogP contribution in [0.1, 0.15) is 35.9 Å². The summed E-state index contributed by atoms with van der Waals surface area (Å²) in [5, 5.41) is 3.34. The molecule has 1 aliphatic heterocycles. The second-order valence-corrected chi connectivity index (χ2v) is 5.61. The molecule has 0 aliphatic carbocycles. The van der Waals surface area contributed by atoms with Crippen molar-refractivity contribution >= 4 is 28.7 Å². The maximum Gasteiger partial charge on any atom is 0.192 e. The van der Waals surface area contributed by atoms with Gasteiger partial charge < -0.3 is 5.32 Å². The third-order valence-corrected chi connectivity index (χ3v) is 4.31. The summed E-state index contributed by atoms with van der Waals surface area (Å²) >= 11 is 7.22. The van der Waals surface area contributed by atoms with Crippen molar-refractivity contribution in [1.29, 1.82) is 0 Å². The molecule has 0 radical (unpaired) electrons. The molecule has 0 amide bonds. The first kappa shape index (κ1) is 11.1. The zero-order valence-corrected chi connectivity index (χ0v) is 10.3. The molecular formula is C11H14ClNOS. The lowest BCUT2D eigenvalue weighted by atomic mass is 9.88. The number of hydrogen-bond acceptors (Lipinski definition) is 3. The van der Waals surface area contributed by atoms with Gasteiger partial charge in [0, 0.05) is 0 Å². The van der Waals surface area contributed by atoms with Crippen LogP contribution in [0.15, 0.2) is 12.1 Å². The Morgan fingerprint density at radius 3 is 2.93 bits per heavy atom. The van der Waals surface area contributed by atoms with E-state index in [0.29, 0.717) is 4.34 Å². The summed E-state index contributed by atoms with van der Waals surface area (Å²) in [6.45, 7) is 3.00. The summed E-state index contributed by atoms with van der Waals surface area (Å²) in [6, 6.07) is 3.62. The topological polar surface area (TPSA) is 29.1 Å². The number of nitrogens with one attached hydrogen (secondary N) is 1. The van der Waals surface area contributed by atoms with Gasteiger partial charge in [-0.05, 0) is 37.9 Å². The Morgan fingerprint density at radius 1 is 1.67 bits per heavy atom. The Balaban J connectivity index is 2.26. The molecule has 1 aromatic rings. The number of Topliss-reactive ketones (excluding diaryl/α,β-unsaturated/α-hetero) is 1. The van der Waals surface area contributed by atoms with Crippen LogP contribution in [0.4, 0.5) is 0 Å². The molecular weight excluding hydrogens is 230 g/mol. The largest absolute Gasteiger partial charge is 0.305 e. The van der Waals surface area contributed by atoms with Crippen molar-refractivity contribution in [2.45, 2.75) is 31.7 Å². The average Bonchev–Trinajstić information content (AvgIpc) is 2.86. The van der Waals surface area contributed by atoms with E-state index in [1.54, 1.807) is 6.07 Å². The highest BCUT2D eigenvalue weighted by Gasteiger charge is 2.39. The van der Waals surface area contributed by atoms with Gasteiger partial charge in [0.2, 0.25) is 0 Å². The SMILES string of the molecule is CCC1(C(=O)c2ccc(Cl)s2)CCCN1. The van der Waals surface area contributed by atoms with Crippen LogP contribution in [0.5, 0.6) is 0 Å². The number of carbonyl (C=O) groups excluding carboxylic acids is 1. The van der Waals surface area contributed by atoms with E-state index in [1.165, 1.54) is 11.3 Å². The van der Waals surface area contributed by atoms with E-state index in [1.807, 2.05) is 6.07 Å². The van der Waals surface area contributed by atoms with Crippen LogP contribution in [0.2, 0.25) is 4.34 Å². The summed E-state index contributed by atoms with van der Waals surface area (Å²) in [5.41, 5.74) is -0.325. The number of hydrogen-bond donors (Lipinski definition) is 1. The Kier molecular flexibility index (Phi) is 3.14. The molecule has 2 nitrogen and oxygen atoms in total. The Bertz CT molecular complexity index is 368. The molecule has 0 bridgehead atoms. The third kappa shape index (κ3) is 1.96.